The molecule has 2 aliphatic rings. The van der Waals surface area contributed by atoms with E-state index < -0.39 is 0 Å². The molecular formula is C16H25N3. The maximum absolute atomic E-state index is 3.48. The number of hydrogen-bond acceptors (Lipinski definition) is 3. The third-order valence-electron chi connectivity index (χ3n) is 4.61. The fourth-order valence-corrected chi connectivity index (χ4v) is 3.21. The Hall–Kier alpha value is -0.900. The molecule has 2 heterocycles. The van der Waals surface area contributed by atoms with E-state index in [1.807, 2.05) is 0 Å². The summed E-state index contributed by atoms with van der Waals surface area (Å²) in [7, 11) is 0. The van der Waals surface area contributed by atoms with Gasteiger partial charge >= 0.3 is 0 Å². The molecule has 1 aromatic rings. The maximum Gasteiger partial charge on any atom is 0.0351 e. The van der Waals surface area contributed by atoms with Crippen molar-refractivity contribution >= 4 is 0 Å². The van der Waals surface area contributed by atoms with Gasteiger partial charge in [0.1, 0.15) is 0 Å². The van der Waals surface area contributed by atoms with Gasteiger partial charge in [-0.1, -0.05) is 30.3 Å². The summed E-state index contributed by atoms with van der Waals surface area (Å²) >= 11 is 0. The molecule has 0 aliphatic carbocycles. The van der Waals surface area contributed by atoms with E-state index in [1.54, 1.807) is 0 Å². The van der Waals surface area contributed by atoms with Crippen molar-refractivity contribution in [1.82, 2.24) is 15.1 Å². The van der Waals surface area contributed by atoms with Crippen LogP contribution in [-0.4, -0.2) is 55.1 Å². The number of rotatable bonds is 3. The Labute approximate surface area is 116 Å². The lowest BCUT2D eigenvalue weighted by Gasteiger charge is -2.48. The molecule has 0 radical (unpaired) electrons. The minimum Gasteiger partial charge on any atom is -0.315 e. The molecule has 3 rings (SSSR count). The van der Waals surface area contributed by atoms with E-state index in [2.05, 4.69) is 52.4 Å². The van der Waals surface area contributed by atoms with Crippen molar-refractivity contribution in [3.05, 3.63) is 35.9 Å². The zero-order chi connectivity index (χ0) is 13.1. The summed E-state index contributed by atoms with van der Waals surface area (Å²) in [5.74, 6) is 0. The SMILES string of the molecule is CC(c1ccccc1)N1CC(N2CCCNCC2)C1. The van der Waals surface area contributed by atoms with E-state index in [0.717, 1.165) is 12.6 Å². The molecule has 2 saturated heterocycles. The highest BCUT2D eigenvalue weighted by Crippen LogP contribution is 2.27. The monoisotopic (exact) mass is 259 g/mol. The molecule has 3 heteroatoms. The van der Waals surface area contributed by atoms with Gasteiger partial charge in [0.15, 0.2) is 0 Å². The molecule has 1 unspecified atom stereocenters. The standard InChI is InChI=1S/C16H25N3/c1-14(15-6-3-2-4-7-15)19-12-16(13-19)18-10-5-8-17-9-11-18/h2-4,6-7,14,16-17H,5,8-13H2,1H3. The largest absolute Gasteiger partial charge is 0.315 e. The zero-order valence-corrected chi connectivity index (χ0v) is 11.9. The van der Waals surface area contributed by atoms with E-state index in [9.17, 15) is 0 Å². The van der Waals surface area contributed by atoms with Crippen LogP contribution in [0.3, 0.4) is 0 Å². The Kier molecular flexibility index (Phi) is 4.16. The Morgan fingerprint density at radius 3 is 2.68 bits per heavy atom. The Morgan fingerprint density at radius 1 is 1.11 bits per heavy atom. The summed E-state index contributed by atoms with van der Waals surface area (Å²) in [5.41, 5.74) is 1.44. The Balaban J connectivity index is 1.52. The summed E-state index contributed by atoms with van der Waals surface area (Å²) in [4.78, 5) is 5.27. The quantitative estimate of drug-likeness (QED) is 0.892. The van der Waals surface area contributed by atoms with Gasteiger partial charge < -0.3 is 5.32 Å². The van der Waals surface area contributed by atoms with Crippen LogP contribution < -0.4 is 5.32 Å². The first kappa shape index (κ1) is 13.1. The minimum atomic E-state index is 0.558. The molecule has 3 nitrogen and oxygen atoms in total. The van der Waals surface area contributed by atoms with Crippen LogP contribution in [0, 0.1) is 0 Å². The van der Waals surface area contributed by atoms with Crippen LogP contribution in [-0.2, 0) is 0 Å². The fourth-order valence-electron chi connectivity index (χ4n) is 3.21. The number of nitrogens with one attached hydrogen (secondary N) is 1. The highest BCUT2D eigenvalue weighted by atomic mass is 15.3. The van der Waals surface area contributed by atoms with E-state index in [-0.39, 0.29) is 0 Å². The third-order valence-corrected chi connectivity index (χ3v) is 4.61. The van der Waals surface area contributed by atoms with Crippen molar-refractivity contribution in [3.8, 4) is 0 Å². The van der Waals surface area contributed by atoms with E-state index in [4.69, 9.17) is 0 Å². The van der Waals surface area contributed by atoms with Crippen molar-refractivity contribution in [2.24, 2.45) is 0 Å². The van der Waals surface area contributed by atoms with Gasteiger partial charge in [0.2, 0.25) is 0 Å². The van der Waals surface area contributed by atoms with E-state index >= 15 is 0 Å². The summed E-state index contributed by atoms with van der Waals surface area (Å²) in [5, 5.41) is 3.48. The molecule has 0 bridgehead atoms. The summed E-state index contributed by atoms with van der Waals surface area (Å²) in [6, 6.07) is 12.2. The summed E-state index contributed by atoms with van der Waals surface area (Å²) in [6.45, 7) is 9.63. The maximum atomic E-state index is 3.48. The van der Waals surface area contributed by atoms with Crippen molar-refractivity contribution in [1.29, 1.82) is 0 Å². The second-order valence-corrected chi connectivity index (χ2v) is 5.83. The lowest BCUT2D eigenvalue weighted by molar-refractivity contribution is 0.0116. The summed E-state index contributed by atoms with van der Waals surface area (Å²) < 4.78 is 0. The first-order valence-corrected chi connectivity index (χ1v) is 7.58. The van der Waals surface area contributed by atoms with Gasteiger partial charge in [0.05, 0.1) is 0 Å². The number of nitrogens with zero attached hydrogens (tertiary/aromatic N) is 2. The molecule has 1 aromatic carbocycles. The van der Waals surface area contributed by atoms with Crippen LogP contribution in [0.2, 0.25) is 0 Å². The van der Waals surface area contributed by atoms with Gasteiger partial charge in [-0.2, -0.15) is 0 Å². The first-order valence-electron chi connectivity index (χ1n) is 7.58. The van der Waals surface area contributed by atoms with Gasteiger partial charge in [-0.05, 0) is 32.0 Å². The van der Waals surface area contributed by atoms with Crippen molar-refractivity contribution in [2.45, 2.75) is 25.4 Å². The molecule has 2 aliphatic heterocycles. The molecule has 104 valence electrons. The average Bonchev–Trinajstić information content (AvgIpc) is 2.67. The lowest BCUT2D eigenvalue weighted by atomic mass is 9.99. The Bertz CT molecular complexity index is 378. The predicted octanol–water partition coefficient (Wildman–Crippen LogP) is 1.73. The summed E-state index contributed by atoms with van der Waals surface area (Å²) in [6.07, 6.45) is 1.30. The van der Waals surface area contributed by atoms with Gasteiger partial charge in [0, 0.05) is 38.3 Å². The molecule has 0 saturated carbocycles. The molecule has 1 N–H and O–H groups in total. The average molecular weight is 259 g/mol. The normalized spacial score (nSPS) is 24.7. The second-order valence-electron chi connectivity index (χ2n) is 5.83. The lowest BCUT2D eigenvalue weighted by Crippen LogP contribution is -2.60. The predicted molar refractivity (Wildman–Crippen MR) is 79.3 cm³/mol. The molecule has 0 aromatic heterocycles. The Morgan fingerprint density at radius 2 is 1.89 bits per heavy atom. The van der Waals surface area contributed by atoms with Crippen LogP contribution in [0.15, 0.2) is 30.3 Å². The number of benzene rings is 1. The highest BCUT2D eigenvalue weighted by Gasteiger charge is 2.34. The molecule has 1 atom stereocenters. The van der Waals surface area contributed by atoms with Crippen LogP contribution in [0.25, 0.3) is 0 Å². The smallest absolute Gasteiger partial charge is 0.0351 e. The van der Waals surface area contributed by atoms with Crippen LogP contribution in [0.4, 0.5) is 0 Å². The molecule has 19 heavy (non-hydrogen) atoms. The molecule has 2 fully saturated rings. The van der Waals surface area contributed by atoms with E-state index in [0.29, 0.717) is 6.04 Å². The fraction of sp³-hybridized carbons (Fsp3) is 0.625. The first-order chi connectivity index (χ1) is 9.34. The van der Waals surface area contributed by atoms with Crippen molar-refractivity contribution in [3.63, 3.8) is 0 Å². The van der Waals surface area contributed by atoms with Crippen LogP contribution in [0.5, 0.6) is 0 Å². The van der Waals surface area contributed by atoms with Gasteiger partial charge in [-0.15, -0.1) is 0 Å². The van der Waals surface area contributed by atoms with Crippen LogP contribution in [0.1, 0.15) is 24.9 Å². The second kappa shape index (κ2) is 6.04. The minimum absolute atomic E-state index is 0.558. The van der Waals surface area contributed by atoms with Crippen molar-refractivity contribution in [2.75, 3.05) is 39.3 Å². The van der Waals surface area contributed by atoms with Gasteiger partial charge in [0.25, 0.3) is 0 Å². The molecule has 0 amide bonds. The zero-order valence-electron chi connectivity index (χ0n) is 11.9. The molecular weight excluding hydrogens is 234 g/mol. The number of hydrogen-bond donors (Lipinski definition) is 1. The highest BCUT2D eigenvalue weighted by molar-refractivity contribution is 5.19. The molecule has 0 spiro atoms. The van der Waals surface area contributed by atoms with Gasteiger partial charge in [-0.3, -0.25) is 9.80 Å². The van der Waals surface area contributed by atoms with Crippen molar-refractivity contribution < 1.29 is 0 Å². The van der Waals surface area contributed by atoms with Crippen LogP contribution >= 0.6 is 0 Å². The van der Waals surface area contributed by atoms with E-state index in [1.165, 1.54) is 44.7 Å². The topological polar surface area (TPSA) is 18.5 Å². The number of likely N-dealkylation sites (tertiary alicyclic amines) is 1. The van der Waals surface area contributed by atoms with Gasteiger partial charge in [-0.25, -0.2) is 0 Å². The third kappa shape index (κ3) is 2.99.